The Hall–Kier alpha value is -2.32. The van der Waals surface area contributed by atoms with Crippen molar-refractivity contribution in [2.24, 2.45) is 0 Å². The number of carbonyl (C=O) groups excluding carboxylic acids is 1. The second-order valence-electron chi connectivity index (χ2n) is 5.42. The smallest absolute Gasteiger partial charge is 0.275 e. The van der Waals surface area contributed by atoms with Gasteiger partial charge in [0.2, 0.25) is 0 Å². The van der Waals surface area contributed by atoms with Gasteiger partial charge in [0.15, 0.2) is 11.5 Å². The number of hydrogen-bond acceptors (Lipinski definition) is 5. The van der Waals surface area contributed by atoms with E-state index in [1.54, 1.807) is 12.1 Å². The number of carbonyl (C=O) groups is 1. The highest BCUT2D eigenvalue weighted by Crippen LogP contribution is 2.36. The number of amides is 1. The minimum absolute atomic E-state index is 0.0251. The lowest BCUT2D eigenvalue weighted by molar-refractivity contribution is -0.132. The minimum Gasteiger partial charge on any atom is -0.505 e. The third-order valence-electron chi connectivity index (χ3n) is 3.98. The van der Waals surface area contributed by atoms with Crippen LogP contribution in [0.15, 0.2) is 47.5 Å². The summed E-state index contributed by atoms with van der Waals surface area (Å²) in [5.41, 5.74) is -0.107. The van der Waals surface area contributed by atoms with Crippen LogP contribution in [-0.2, 0) is 19.6 Å². The van der Waals surface area contributed by atoms with E-state index in [2.05, 4.69) is 6.58 Å². The molecular weight excluding hydrogens is 332 g/mol. The molecule has 1 amide bonds. The van der Waals surface area contributed by atoms with Crippen LogP contribution >= 0.6 is 0 Å². The van der Waals surface area contributed by atoms with Crippen LogP contribution in [0.3, 0.4) is 0 Å². The summed E-state index contributed by atoms with van der Waals surface area (Å²) < 4.78 is 31.9. The van der Waals surface area contributed by atoms with Gasteiger partial charge in [0.05, 0.1) is 24.7 Å². The highest BCUT2D eigenvalue weighted by molar-refractivity contribution is 7.89. The van der Waals surface area contributed by atoms with Gasteiger partial charge in [-0.2, -0.15) is 0 Å². The van der Waals surface area contributed by atoms with Crippen LogP contribution in [0.2, 0.25) is 0 Å². The van der Waals surface area contributed by atoms with Gasteiger partial charge in [-0.1, -0.05) is 18.2 Å². The number of benzene rings is 1. The maximum absolute atomic E-state index is 12.9. The molecule has 2 aliphatic heterocycles. The normalized spacial score (nSPS) is 19.8. The number of morpholine rings is 1. The van der Waals surface area contributed by atoms with Crippen molar-refractivity contribution >= 4 is 21.7 Å². The van der Waals surface area contributed by atoms with Crippen molar-refractivity contribution in [1.82, 2.24) is 9.21 Å². The van der Waals surface area contributed by atoms with Crippen LogP contribution < -0.4 is 0 Å². The third-order valence-corrected chi connectivity index (χ3v) is 5.80. The van der Waals surface area contributed by atoms with E-state index < -0.39 is 15.9 Å². The molecule has 0 aromatic heterocycles. The summed E-state index contributed by atoms with van der Waals surface area (Å²) in [7, 11) is -3.95. The number of sulfonamides is 1. The Morgan fingerprint density at radius 1 is 1.29 bits per heavy atom. The number of fused-ring (bicyclic) bond motifs is 1. The molecule has 0 unspecified atom stereocenters. The highest BCUT2D eigenvalue weighted by Gasteiger charge is 2.40. The molecule has 1 saturated heterocycles. The van der Waals surface area contributed by atoms with Crippen LogP contribution in [0.1, 0.15) is 5.56 Å². The number of aliphatic hydroxyl groups excluding tert-OH is 1. The predicted molar refractivity (Wildman–Crippen MR) is 87.5 cm³/mol. The lowest BCUT2D eigenvalue weighted by atomic mass is 10.1. The van der Waals surface area contributed by atoms with Crippen LogP contribution in [0.5, 0.6) is 0 Å². The van der Waals surface area contributed by atoms with Gasteiger partial charge in [-0.05, 0) is 12.1 Å². The zero-order chi connectivity index (χ0) is 17.3. The Kier molecular flexibility index (Phi) is 4.33. The molecule has 24 heavy (non-hydrogen) atoms. The lowest BCUT2D eigenvalue weighted by Crippen LogP contribution is -2.47. The first-order valence-electron chi connectivity index (χ1n) is 7.51. The molecule has 0 atom stereocenters. The molecule has 3 rings (SSSR count). The quantitative estimate of drug-likeness (QED) is 0.821. The van der Waals surface area contributed by atoms with E-state index in [0.29, 0.717) is 26.3 Å². The van der Waals surface area contributed by atoms with E-state index in [1.807, 2.05) is 0 Å². The van der Waals surface area contributed by atoms with Crippen LogP contribution in [0, 0.1) is 0 Å². The molecule has 8 heteroatoms. The number of rotatable bonds is 3. The van der Waals surface area contributed by atoms with Gasteiger partial charge >= 0.3 is 0 Å². The van der Waals surface area contributed by atoms with E-state index >= 15 is 0 Å². The Bertz CT molecular complexity index is 810. The van der Waals surface area contributed by atoms with E-state index in [1.165, 1.54) is 23.1 Å². The average Bonchev–Trinajstić information content (AvgIpc) is 2.60. The van der Waals surface area contributed by atoms with Crippen molar-refractivity contribution in [3.63, 3.8) is 0 Å². The van der Waals surface area contributed by atoms with E-state index in [9.17, 15) is 18.3 Å². The van der Waals surface area contributed by atoms with E-state index in [4.69, 9.17) is 4.74 Å². The maximum Gasteiger partial charge on any atom is 0.275 e. The Labute approximate surface area is 140 Å². The summed E-state index contributed by atoms with van der Waals surface area (Å²) in [6, 6.07) is 6.09. The Morgan fingerprint density at radius 2 is 1.96 bits per heavy atom. The SMILES string of the molecule is C=CCN1C(C(=O)N2CCOCC2)=C(O)c2ccccc2S1(=O)=O. The topological polar surface area (TPSA) is 87.2 Å². The summed E-state index contributed by atoms with van der Waals surface area (Å²) in [6.07, 6.45) is 1.38. The van der Waals surface area contributed by atoms with Gasteiger partial charge < -0.3 is 14.7 Å². The number of aliphatic hydroxyl groups is 1. The molecule has 0 saturated carbocycles. The fourth-order valence-electron chi connectivity index (χ4n) is 2.80. The Balaban J connectivity index is 2.16. The van der Waals surface area contributed by atoms with Gasteiger partial charge in [-0.15, -0.1) is 6.58 Å². The average molecular weight is 350 g/mol. The summed E-state index contributed by atoms with van der Waals surface area (Å²) in [5.74, 6) is -0.866. The van der Waals surface area contributed by atoms with Crippen molar-refractivity contribution in [2.75, 3.05) is 32.8 Å². The summed E-state index contributed by atoms with van der Waals surface area (Å²) in [4.78, 5) is 14.3. The molecule has 128 valence electrons. The maximum atomic E-state index is 12.9. The summed E-state index contributed by atoms with van der Waals surface area (Å²) in [5, 5.41) is 10.6. The number of ether oxygens (including phenoxy) is 1. The minimum atomic E-state index is -3.95. The fraction of sp³-hybridized carbons (Fsp3) is 0.312. The molecule has 1 aromatic carbocycles. The first-order valence-corrected chi connectivity index (χ1v) is 8.95. The van der Waals surface area contributed by atoms with Crippen molar-refractivity contribution in [2.45, 2.75) is 4.90 Å². The molecule has 0 bridgehead atoms. The molecule has 0 aliphatic carbocycles. The molecule has 1 aromatic rings. The molecule has 0 radical (unpaired) electrons. The largest absolute Gasteiger partial charge is 0.505 e. The monoisotopic (exact) mass is 350 g/mol. The fourth-order valence-corrected chi connectivity index (χ4v) is 4.44. The molecule has 1 N–H and O–H groups in total. The molecule has 0 spiro atoms. The van der Waals surface area contributed by atoms with Gasteiger partial charge in [-0.3, -0.25) is 9.10 Å². The van der Waals surface area contributed by atoms with Crippen molar-refractivity contribution < 1.29 is 23.1 Å². The molecule has 1 fully saturated rings. The Morgan fingerprint density at radius 3 is 2.62 bits per heavy atom. The van der Waals surface area contributed by atoms with Crippen LogP contribution in [-0.4, -0.2) is 61.5 Å². The van der Waals surface area contributed by atoms with Crippen LogP contribution in [0.4, 0.5) is 0 Å². The molecule has 7 nitrogen and oxygen atoms in total. The second kappa shape index (κ2) is 6.29. The van der Waals surface area contributed by atoms with Gasteiger partial charge in [0.25, 0.3) is 15.9 Å². The first-order chi connectivity index (χ1) is 11.5. The number of hydrogen-bond donors (Lipinski definition) is 1. The second-order valence-corrected chi connectivity index (χ2v) is 7.25. The standard InChI is InChI=1S/C16H18N2O5S/c1-2-7-18-14(16(20)17-8-10-23-11-9-17)15(19)12-5-3-4-6-13(12)24(18,21)22/h2-6,19H,1,7-11H2. The highest BCUT2D eigenvalue weighted by atomic mass is 32.2. The van der Waals surface area contributed by atoms with Gasteiger partial charge in [0, 0.05) is 18.7 Å². The lowest BCUT2D eigenvalue weighted by Gasteiger charge is -2.34. The molecule has 2 heterocycles. The van der Waals surface area contributed by atoms with E-state index in [0.717, 1.165) is 4.31 Å². The van der Waals surface area contributed by atoms with Crippen molar-refractivity contribution in [3.05, 3.63) is 48.2 Å². The zero-order valence-corrected chi connectivity index (χ0v) is 13.8. The molecular formula is C16H18N2O5S. The van der Waals surface area contributed by atoms with Crippen molar-refractivity contribution in [1.29, 1.82) is 0 Å². The van der Waals surface area contributed by atoms with Gasteiger partial charge in [-0.25, -0.2) is 8.42 Å². The summed E-state index contributed by atoms with van der Waals surface area (Å²) in [6.45, 7) is 4.90. The summed E-state index contributed by atoms with van der Waals surface area (Å²) >= 11 is 0. The predicted octanol–water partition coefficient (Wildman–Crippen LogP) is 0.962. The zero-order valence-electron chi connectivity index (χ0n) is 13.0. The van der Waals surface area contributed by atoms with Crippen LogP contribution in [0.25, 0.3) is 5.76 Å². The van der Waals surface area contributed by atoms with Crippen molar-refractivity contribution in [3.8, 4) is 0 Å². The van der Waals surface area contributed by atoms with E-state index in [-0.39, 0.29) is 28.5 Å². The molecule has 2 aliphatic rings. The third kappa shape index (κ3) is 2.57. The number of nitrogens with zero attached hydrogens (tertiary/aromatic N) is 2. The first kappa shape index (κ1) is 16.5. The van der Waals surface area contributed by atoms with Gasteiger partial charge in [0.1, 0.15) is 0 Å².